The minimum atomic E-state index is -1.17. The summed E-state index contributed by atoms with van der Waals surface area (Å²) in [6.07, 6.45) is -0.444. The molecule has 0 aliphatic carbocycles. The van der Waals surface area contributed by atoms with Gasteiger partial charge in [-0.1, -0.05) is 11.6 Å². The van der Waals surface area contributed by atoms with Gasteiger partial charge in [-0.15, -0.1) is 0 Å². The fourth-order valence-corrected chi connectivity index (χ4v) is 2.75. The molecule has 0 unspecified atom stereocenters. The van der Waals surface area contributed by atoms with Gasteiger partial charge in [-0.05, 0) is 30.0 Å². The highest BCUT2D eigenvalue weighted by atomic mass is 35.5. The van der Waals surface area contributed by atoms with Gasteiger partial charge >= 0.3 is 5.97 Å². The van der Waals surface area contributed by atoms with E-state index in [2.05, 4.69) is 0 Å². The first kappa shape index (κ1) is 13.8. The van der Waals surface area contributed by atoms with Crippen molar-refractivity contribution in [2.45, 2.75) is 11.7 Å². The van der Waals surface area contributed by atoms with Crippen LogP contribution in [-0.2, 0) is 9.59 Å². The van der Waals surface area contributed by atoms with E-state index in [4.69, 9.17) is 16.7 Å². The van der Waals surface area contributed by atoms with Crippen LogP contribution in [0.15, 0.2) is 18.2 Å². The molecule has 2 amide bonds. The molecule has 0 radical (unpaired) electrons. The minimum Gasteiger partial charge on any atom is -0.481 e. The lowest BCUT2D eigenvalue weighted by Crippen LogP contribution is -2.32. The number of nitrogens with zero attached hydrogens (tertiary/aromatic N) is 1. The van der Waals surface area contributed by atoms with Gasteiger partial charge in [0.25, 0.3) is 5.24 Å². The molecule has 100 valence electrons. The third-order valence-corrected chi connectivity index (χ3v) is 3.77. The summed E-state index contributed by atoms with van der Waals surface area (Å²) in [6, 6.07) is 3.42. The molecule has 1 aromatic rings. The molecule has 1 N–H and O–H groups in total. The van der Waals surface area contributed by atoms with Gasteiger partial charge in [0, 0.05) is 0 Å². The maximum Gasteiger partial charge on any atom is 0.305 e. The number of hydrogen-bond acceptors (Lipinski definition) is 4. The Hall–Kier alpha value is -1.60. The van der Waals surface area contributed by atoms with Gasteiger partial charge in [-0.3, -0.25) is 14.4 Å². The summed E-state index contributed by atoms with van der Waals surface area (Å²) in [5.74, 6) is -2.48. The number of hydrogen-bond donors (Lipinski definition) is 1. The molecular formula is C11H7ClFNO4S. The fraction of sp³-hybridized carbons (Fsp3) is 0.182. The monoisotopic (exact) mass is 303 g/mol. The number of imide groups is 1. The van der Waals surface area contributed by atoms with Crippen molar-refractivity contribution in [1.29, 1.82) is 0 Å². The van der Waals surface area contributed by atoms with E-state index in [1.54, 1.807) is 0 Å². The molecular weight excluding hydrogens is 297 g/mol. The molecule has 19 heavy (non-hydrogen) atoms. The van der Waals surface area contributed by atoms with Crippen molar-refractivity contribution in [3.05, 3.63) is 29.0 Å². The number of benzene rings is 1. The summed E-state index contributed by atoms with van der Waals surface area (Å²) in [5.41, 5.74) is 0.127. The summed E-state index contributed by atoms with van der Waals surface area (Å²) >= 11 is 6.22. The Kier molecular flexibility index (Phi) is 3.77. The summed E-state index contributed by atoms with van der Waals surface area (Å²) in [6.45, 7) is 0. The van der Waals surface area contributed by atoms with Gasteiger partial charge in [0.1, 0.15) is 11.1 Å². The molecule has 1 aliphatic heterocycles. The molecule has 2 rings (SSSR count). The Morgan fingerprint density at radius 1 is 1.47 bits per heavy atom. The van der Waals surface area contributed by atoms with Crippen LogP contribution in [0.25, 0.3) is 0 Å². The molecule has 0 aromatic heterocycles. The highest BCUT2D eigenvalue weighted by molar-refractivity contribution is 8.15. The predicted octanol–water partition coefficient (Wildman–Crippen LogP) is 2.52. The summed E-state index contributed by atoms with van der Waals surface area (Å²) in [7, 11) is 0. The maximum absolute atomic E-state index is 13.0. The molecule has 1 heterocycles. The predicted molar refractivity (Wildman–Crippen MR) is 67.9 cm³/mol. The normalized spacial score (nSPS) is 19.1. The second kappa shape index (κ2) is 5.18. The number of carboxylic acid groups (broad SMARTS) is 1. The highest BCUT2D eigenvalue weighted by Crippen LogP contribution is 2.34. The van der Waals surface area contributed by atoms with E-state index in [-0.39, 0.29) is 10.7 Å². The van der Waals surface area contributed by atoms with E-state index in [0.29, 0.717) is 11.8 Å². The average molecular weight is 304 g/mol. The molecule has 1 aliphatic rings. The van der Waals surface area contributed by atoms with E-state index in [0.717, 1.165) is 17.0 Å². The largest absolute Gasteiger partial charge is 0.481 e. The fourth-order valence-electron chi connectivity index (χ4n) is 1.60. The van der Waals surface area contributed by atoms with Crippen LogP contribution in [0.1, 0.15) is 6.42 Å². The first-order chi connectivity index (χ1) is 8.90. The average Bonchev–Trinajstić information content (AvgIpc) is 2.58. The Morgan fingerprint density at radius 2 is 2.16 bits per heavy atom. The number of carboxylic acids is 1. The summed E-state index contributed by atoms with van der Waals surface area (Å²) < 4.78 is 13.0. The Labute approximate surface area is 116 Å². The van der Waals surface area contributed by atoms with Crippen molar-refractivity contribution in [1.82, 2.24) is 0 Å². The van der Waals surface area contributed by atoms with Crippen LogP contribution < -0.4 is 4.90 Å². The van der Waals surface area contributed by atoms with Crippen molar-refractivity contribution < 1.29 is 23.9 Å². The molecule has 0 bridgehead atoms. The van der Waals surface area contributed by atoms with Crippen LogP contribution in [0.5, 0.6) is 0 Å². The van der Waals surface area contributed by atoms with Crippen LogP contribution in [-0.4, -0.2) is 27.5 Å². The van der Waals surface area contributed by atoms with Crippen molar-refractivity contribution in [3.63, 3.8) is 0 Å². The maximum atomic E-state index is 13.0. The molecule has 5 nitrogen and oxygen atoms in total. The number of carbonyl (C=O) groups excluding carboxylic acids is 2. The molecule has 1 fully saturated rings. The Balaban J connectivity index is 2.29. The third kappa shape index (κ3) is 2.71. The van der Waals surface area contributed by atoms with E-state index in [1.807, 2.05) is 0 Å². The zero-order valence-electron chi connectivity index (χ0n) is 9.30. The Bertz CT molecular complexity index is 580. The Morgan fingerprint density at radius 3 is 2.74 bits per heavy atom. The molecule has 0 saturated carbocycles. The lowest BCUT2D eigenvalue weighted by Gasteiger charge is -2.13. The number of anilines is 1. The van der Waals surface area contributed by atoms with Crippen LogP contribution in [0, 0.1) is 5.82 Å². The van der Waals surface area contributed by atoms with Gasteiger partial charge in [0.05, 0.1) is 17.1 Å². The summed E-state index contributed by atoms with van der Waals surface area (Å²) in [5, 5.41) is 6.87. The van der Waals surface area contributed by atoms with Crippen molar-refractivity contribution in [2.75, 3.05) is 4.90 Å². The number of halogens is 2. The molecule has 1 saturated heterocycles. The molecule has 1 atom stereocenters. The number of rotatable bonds is 3. The number of aliphatic carboxylic acids is 1. The van der Waals surface area contributed by atoms with E-state index in [1.165, 1.54) is 6.07 Å². The quantitative estimate of drug-likeness (QED) is 0.928. The van der Waals surface area contributed by atoms with Crippen molar-refractivity contribution in [3.8, 4) is 0 Å². The smallest absolute Gasteiger partial charge is 0.305 e. The van der Waals surface area contributed by atoms with E-state index in [9.17, 15) is 18.8 Å². The first-order valence-corrected chi connectivity index (χ1v) is 6.37. The van der Waals surface area contributed by atoms with Gasteiger partial charge < -0.3 is 5.11 Å². The van der Waals surface area contributed by atoms with Crippen LogP contribution in [0.4, 0.5) is 14.9 Å². The van der Waals surface area contributed by atoms with Gasteiger partial charge in [-0.25, -0.2) is 9.29 Å². The SMILES string of the molecule is O=C(O)C[C@H]1SC(=O)N(c2ccc(F)c(Cl)c2)C1=O. The van der Waals surface area contributed by atoms with Crippen LogP contribution in [0.3, 0.4) is 0 Å². The van der Waals surface area contributed by atoms with Crippen LogP contribution in [0.2, 0.25) is 5.02 Å². The minimum absolute atomic E-state index is 0.127. The number of amides is 2. The standard InChI is InChI=1S/C11H7ClFNO4S/c12-6-3-5(1-2-7(6)13)14-10(17)8(4-9(15)16)19-11(14)18/h1-3,8H,4H2,(H,15,16)/t8-/m1/s1. The number of thioether (sulfide) groups is 1. The topological polar surface area (TPSA) is 74.7 Å². The van der Waals surface area contributed by atoms with E-state index < -0.39 is 34.6 Å². The van der Waals surface area contributed by atoms with Crippen molar-refractivity contribution >= 4 is 46.2 Å². The molecule has 0 spiro atoms. The van der Waals surface area contributed by atoms with Gasteiger partial charge in [0.15, 0.2) is 0 Å². The second-order valence-electron chi connectivity index (χ2n) is 3.74. The molecule has 8 heteroatoms. The van der Waals surface area contributed by atoms with E-state index >= 15 is 0 Å². The highest BCUT2D eigenvalue weighted by Gasteiger charge is 2.41. The number of carbonyl (C=O) groups is 3. The third-order valence-electron chi connectivity index (χ3n) is 2.44. The van der Waals surface area contributed by atoms with Crippen molar-refractivity contribution in [2.24, 2.45) is 0 Å². The lowest BCUT2D eigenvalue weighted by atomic mass is 10.2. The zero-order valence-corrected chi connectivity index (χ0v) is 10.9. The first-order valence-electron chi connectivity index (χ1n) is 5.11. The lowest BCUT2D eigenvalue weighted by molar-refractivity contribution is -0.138. The van der Waals surface area contributed by atoms with Crippen LogP contribution >= 0.6 is 23.4 Å². The van der Waals surface area contributed by atoms with Gasteiger partial charge in [-0.2, -0.15) is 0 Å². The second-order valence-corrected chi connectivity index (χ2v) is 5.30. The van der Waals surface area contributed by atoms with Gasteiger partial charge in [0.2, 0.25) is 5.91 Å². The summed E-state index contributed by atoms with van der Waals surface area (Å²) in [4.78, 5) is 35.0. The zero-order chi connectivity index (χ0) is 14.2. The molecule has 1 aromatic carbocycles.